The van der Waals surface area contributed by atoms with E-state index in [2.05, 4.69) is 5.32 Å². The molecule has 1 N–H and O–H groups in total. The number of amides is 2. The SMILES string of the molecule is Cc1cc(C(C)NC(=O)N2CCCC3(C2)OCCO3)c(C)o1. The topological polar surface area (TPSA) is 63.9 Å². The fraction of sp³-hybridized carbons (Fsp3) is 0.688. The number of aryl methyl sites for hydroxylation is 2. The van der Waals surface area contributed by atoms with Gasteiger partial charge < -0.3 is 24.1 Å². The van der Waals surface area contributed by atoms with Crippen molar-refractivity contribution < 1.29 is 18.7 Å². The normalized spacial score (nSPS) is 22.0. The number of carbonyl (C=O) groups is 1. The van der Waals surface area contributed by atoms with E-state index >= 15 is 0 Å². The van der Waals surface area contributed by atoms with Gasteiger partial charge in [0.25, 0.3) is 0 Å². The van der Waals surface area contributed by atoms with Gasteiger partial charge in [-0.15, -0.1) is 0 Å². The molecule has 0 aliphatic carbocycles. The predicted octanol–water partition coefficient (Wildman–Crippen LogP) is 2.51. The smallest absolute Gasteiger partial charge is 0.318 e. The van der Waals surface area contributed by atoms with Gasteiger partial charge >= 0.3 is 6.03 Å². The van der Waals surface area contributed by atoms with Crippen molar-refractivity contribution in [3.8, 4) is 0 Å². The van der Waals surface area contributed by atoms with Crippen molar-refractivity contribution in [3.05, 3.63) is 23.2 Å². The van der Waals surface area contributed by atoms with Crippen LogP contribution in [0, 0.1) is 13.8 Å². The first kappa shape index (κ1) is 15.4. The van der Waals surface area contributed by atoms with E-state index in [0.29, 0.717) is 19.8 Å². The summed E-state index contributed by atoms with van der Waals surface area (Å²) in [5.41, 5.74) is 1.02. The van der Waals surface area contributed by atoms with Crippen LogP contribution in [0.2, 0.25) is 0 Å². The molecule has 1 unspecified atom stereocenters. The summed E-state index contributed by atoms with van der Waals surface area (Å²) >= 11 is 0. The third kappa shape index (κ3) is 2.98. The maximum Gasteiger partial charge on any atom is 0.318 e. The van der Waals surface area contributed by atoms with E-state index < -0.39 is 5.79 Å². The monoisotopic (exact) mass is 308 g/mol. The minimum atomic E-state index is -0.582. The van der Waals surface area contributed by atoms with Gasteiger partial charge in [-0.05, 0) is 33.3 Å². The van der Waals surface area contributed by atoms with Crippen molar-refractivity contribution in [2.24, 2.45) is 0 Å². The van der Waals surface area contributed by atoms with Crippen molar-refractivity contribution in [1.82, 2.24) is 10.2 Å². The molecule has 0 aromatic carbocycles. The Morgan fingerprint density at radius 3 is 2.73 bits per heavy atom. The molecule has 0 radical (unpaired) electrons. The number of likely N-dealkylation sites (tertiary alicyclic amines) is 1. The molecular formula is C16H24N2O4. The lowest BCUT2D eigenvalue weighted by Gasteiger charge is -2.38. The number of rotatable bonds is 2. The minimum Gasteiger partial charge on any atom is -0.466 e. The number of nitrogens with one attached hydrogen (secondary N) is 1. The summed E-state index contributed by atoms with van der Waals surface area (Å²) in [4.78, 5) is 14.3. The maximum atomic E-state index is 12.5. The van der Waals surface area contributed by atoms with Crippen LogP contribution in [0.4, 0.5) is 4.79 Å². The van der Waals surface area contributed by atoms with Crippen molar-refractivity contribution in [2.75, 3.05) is 26.3 Å². The molecule has 6 nitrogen and oxygen atoms in total. The van der Waals surface area contributed by atoms with Crippen LogP contribution in [-0.4, -0.2) is 43.0 Å². The van der Waals surface area contributed by atoms with Gasteiger partial charge in [0.15, 0.2) is 5.79 Å². The van der Waals surface area contributed by atoms with Crippen LogP contribution in [0.3, 0.4) is 0 Å². The van der Waals surface area contributed by atoms with Gasteiger partial charge in [0.05, 0.1) is 25.8 Å². The number of urea groups is 1. The van der Waals surface area contributed by atoms with Crippen molar-refractivity contribution in [1.29, 1.82) is 0 Å². The molecule has 2 aliphatic heterocycles. The van der Waals surface area contributed by atoms with Gasteiger partial charge in [-0.3, -0.25) is 0 Å². The molecule has 1 atom stereocenters. The molecule has 0 saturated carbocycles. The lowest BCUT2D eigenvalue weighted by atomic mass is 10.0. The summed E-state index contributed by atoms with van der Waals surface area (Å²) in [6.45, 7) is 8.25. The van der Waals surface area contributed by atoms with Gasteiger partial charge in [-0.25, -0.2) is 4.79 Å². The second kappa shape index (κ2) is 5.93. The van der Waals surface area contributed by atoms with E-state index in [1.807, 2.05) is 26.8 Å². The molecule has 1 spiro atoms. The first-order valence-corrected chi connectivity index (χ1v) is 7.89. The molecule has 0 bridgehead atoms. The first-order valence-electron chi connectivity index (χ1n) is 7.89. The highest BCUT2D eigenvalue weighted by atomic mass is 16.7. The Morgan fingerprint density at radius 2 is 2.09 bits per heavy atom. The third-order valence-electron chi connectivity index (χ3n) is 4.40. The first-order chi connectivity index (χ1) is 10.5. The molecule has 2 fully saturated rings. The summed E-state index contributed by atoms with van der Waals surface area (Å²) < 4.78 is 17.0. The Hall–Kier alpha value is -1.53. The molecule has 122 valence electrons. The second-order valence-electron chi connectivity index (χ2n) is 6.17. The Morgan fingerprint density at radius 1 is 1.36 bits per heavy atom. The molecule has 3 rings (SSSR count). The summed E-state index contributed by atoms with van der Waals surface area (Å²) in [6, 6.07) is 1.80. The average molecular weight is 308 g/mol. The lowest BCUT2D eigenvalue weighted by Crippen LogP contribution is -2.53. The van der Waals surface area contributed by atoms with Gasteiger partial charge in [-0.1, -0.05) is 0 Å². The van der Waals surface area contributed by atoms with Gasteiger partial charge in [0.2, 0.25) is 0 Å². The Labute approximate surface area is 130 Å². The Bertz CT molecular complexity index is 548. The largest absolute Gasteiger partial charge is 0.466 e. The fourth-order valence-electron chi connectivity index (χ4n) is 3.33. The molecular weight excluding hydrogens is 284 g/mol. The number of carbonyl (C=O) groups excluding carboxylic acids is 1. The second-order valence-corrected chi connectivity index (χ2v) is 6.17. The number of nitrogens with zero attached hydrogens (tertiary/aromatic N) is 1. The quantitative estimate of drug-likeness (QED) is 0.912. The van der Waals surface area contributed by atoms with Crippen LogP contribution in [0.25, 0.3) is 0 Å². The van der Waals surface area contributed by atoms with E-state index in [9.17, 15) is 4.79 Å². The third-order valence-corrected chi connectivity index (χ3v) is 4.40. The molecule has 2 aliphatic rings. The molecule has 2 saturated heterocycles. The lowest BCUT2D eigenvalue weighted by molar-refractivity contribution is -0.182. The van der Waals surface area contributed by atoms with E-state index in [4.69, 9.17) is 13.9 Å². The van der Waals surface area contributed by atoms with E-state index in [-0.39, 0.29) is 12.1 Å². The predicted molar refractivity (Wildman–Crippen MR) is 80.6 cm³/mol. The van der Waals surface area contributed by atoms with Crippen LogP contribution in [0.15, 0.2) is 10.5 Å². The number of furan rings is 1. The summed E-state index contributed by atoms with van der Waals surface area (Å²) in [5, 5.41) is 3.04. The van der Waals surface area contributed by atoms with Crippen LogP contribution in [-0.2, 0) is 9.47 Å². The average Bonchev–Trinajstić information content (AvgIpc) is 3.05. The van der Waals surface area contributed by atoms with Gasteiger partial charge in [0.1, 0.15) is 11.5 Å². The van der Waals surface area contributed by atoms with Crippen LogP contribution < -0.4 is 5.32 Å². The van der Waals surface area contributed by atoms with E-state index in [1.165, 1.54) is 0 Å². The van der Waals surface area contributed by atoms with Crippen molar-refractivity contribution >= 4 is 6.03 Å². The zero-order valence-corrected chi connectivity index (χ0v) is 13.5. The highest BCUT2D eigenvalue weighted by Gasteiger charge is 2.42. The highest BCUT2D eigenvalue weighted by molar-refractivity contribution is 5.75. The van der Waals surface area contributed by atoms with Crippen molar-refractivity contribution in [2.45, 2.75) is 45.4 Å². The molecule has 6 heteroatoms. The molecule has 1 aromatic rings. The molecule has 1 aromatic heterocycles. The zero-order valence-electron chi connectivity index (χ0n) is 13.5. The molecule has 2 amide bonds. The van der Waals surface area contributed by atoms with E-state index in [1.54, 1.807) is 4.90 Å². The number of hydrogen-bond donors (Lipinski definition) is 1. The van der Waals surface area contributed by atoms with Crippen molar-refractivity contribution in [3.63, 3.8) is 0 Å². The van der Waals surface area contributed by atoms with Crippen LogP contribution in [0.1, 0.15) is 42.9 Å². The Kier molecular flexibility index (Phi) is 4.14. The summed E-state index contributed by atoms with van der Waals surface area (Å²) in [5.74, 6) is 1.13. The highest BCUT2D eigenvalue weighted by Crippen LogP contribution is 2.30. The molecule has 22 heavy (non-hydrogen) atoms. The minimum absolute atomic E-state index is 0.0797. The summed E-state index contributed by atoms with van der Waals surface area (Å²) in [7, 11) is 0. The number of piperidine rings is 1. The van der Waals surface area contributed by atoms with Gasteiger partial charge in [0, 0.05) is 18.5 Å². The molecule has 3 heterocycles. The standard InChI is InChI=1S/C16H24N2O4/c1-11-9-14(13(3)22-11)12(2)17-15(19)18-6-4-5-16(10-18)20-7-8-21-16/h9,12H,4-8,10H2,1-3H3,(H,17,19). The van der Waals surface area contributed by atoms with Gasteiger partial charge in [-0.2, -0.15) is 0 Å². The zero-order chi connectivity index (χ0) is 15.7. The summed E-state index contributed by atoms with van der Waals surface area (Å²) in [6.07, 6.45) is 1.75. The maximum absolute atomic E-state index is 12.5. The van der Waals surface area contributed by atoms with Crippen LogP contribution in [0.5, 0.6) is 0 Å². The van der Waals surface area contributed by atoms with Crippen LogP contribution >= 0.6 is 0 Å². The fourth-order valence-corrected chi connectivity index (χ4v) is 3.33. The number of hydrogen-bond acceptors (Lipinski definition) is 4. The Balaban J connectivity index is 1.62. The van der Waals surface area contributed by atoms with E-state index in [0.717, 1.165) is 36.5 Å². The number of ether oxygens (including phenoxy) is 2.